The molecule has 240 valence electrons. The zero-order chi connectivity index (χ0) is 32.0. The molecule has 0 amide bonds. The van der Waals surface area contributed by atoms with E-state index in [1.165, 1.54) is 33.8 Å². The van der Waals surface area contributed by atoms with Crippen molar-refractivity contribution in [1.82, 2.24) is 0 Å². The molecule has 2 unspecified atom stereocenters. The first-order chi connectivity index (χ1) is 20.0. The van der Waals surface area contributed by atoms with E-state index in [1.54, 1.807) is 26.0 Å². The molecular formula is C32H46O11. The molecule has 0 bridgehead atoms. The third-order valence-corrected chi connectivity index (χ3v) is 9.78. The Morgan fingerprint density at radius 3 is 2.28 bits per heavy atom. The number of ether oxygens (including phenoxy) is 5. The predicted molar refractivity (Wildman–Crippen MR) is 152 cm³/mol. The van der Waals surface area contributed by atoms with Gasteiger partial charge in [0.2, 0.25) is 0 Å². The molecule has 43 heavy (non-hydrogen) atoms. The number of carbonyl (C=O) groups excluding carboxylic acids is 4. The van der Waals surface area contributed by atoms with Crippen LogP contribution in [0.5, 0.6) is 0 Å². The molecule has 0 saturated carbocycles. The summed E-state index contributed by atoms with van der Waals surface area (Å²) >= 11 is 0. The Morgan fingerprint density at radius 2 is 1.67 bits per heavy atom. The van der Waals surface area contributed by atoms with Gasteiger partial charge in [0.25, 0.3) is 0 Å². The Hall–Kier alpha value is -2.76. The van der Waals surface area contributed by atoms with Crippen molar-refractivity contribution in [3.8, 4) is 0 Å². The van der Waals surface area contributed by atoms with E-state index in [0.29, 0.717) is 12.0 Å². The summed E-state index contributed by atoms with van der Waals surface area (Å²) in [5.41, 5.74) is -5.84. The number of hydrogen-bond donors (Lipinski definition) is 2. The average molecular weight is 607 g/mol. The minimum absolute atomic E-state index is 0.0614. The molecule has 2 aliphatic carbocycles. The second-order valence-corrected chi connectivity index (χ2v) is 13.0. The molecule has 2 fully saturated rings. The maximum absolute atomic E-state index is 13.2. The highest BCUT2D eigenvalue weighted by Gasteiger charge is 2.87. The van der Waals surface area contributed by atoms with E-state index in [0.717, 1.165) is 25.7 Å². The second-order valence-electron chi connectivity index (χ2n) is 13.0. The molecule has 0 aromatic heterocycles. The maximum atomic E-state index is 13.2. The summed E-state index contributed by atoms with van der Waals surface area (Å²) in [6.45, 7) is 10.9. The minimum atomic E-state index is -1.92. The summed E-state index contributed by atoms with van der Waals surface area (Å²) < 4.78 is 29.2. The number of esters is 4. The van der Waals surface area contributed by atoms with E-state index >= 15 is 0 Å². The van der Waals surface area contributed by atoms with Crippen LogP contribution in [0.2, 0.25) is 0 Å². The molecule has 10 atom stereocenters. The zero-order valence-corrected chi connectivity index (χ0v) is 26.2. The number of aliphatic hydroxyl groups excluding tert-OH is 1. The Balaban J connectivity index is 1.81. The van der Waals surface area contributed by atoms with Crippen LogP contribution < -0.4 is 0 Å². The van der Waals surface area contributed by atoms with Crippen molar-refractivity contribution in [3.63, 3.8) is 0 Å². The standard InChI is InChI=1S/C32H46O11/c1-8-9-10-11-12-13-25(36)41-21-17-22(35)29(5)15-14-23(39-19(3)33)30(6,38)26(29)27(40-20(4)34)32-24(16-18(21)2)42-28(37)31(32,7)43-32/h14-16,21-24,26-27,35,38H,8-13,17H2,1-7H3/b18-16-/t21?,22-,23+,24-,26+,27?,29+,30+,31-,32-/m0/s1. The molecule has 11 nitrogen and oxygen atoms in total. The number of epoxide rings is 1. The van der Waals surface area contributed by atoms with E-state index < -0.39 is 82.5 Å². The van der Waals surface area contributed by atoms with Crippen molar-refractivity contribution in [2.75, 3.05) is 0 Å². The topological polar surface area (TPSA) is 158 Å². The SMILES string of the molecule is CCCCCCCC(=O)OC1C[C@H](O)[C@@]2(C)C=C[C@@H](OC(C)=O)[C@@](C)(O)[C@@H]2C(OC(C)=O)[C@]23O[C@@]2(C)C(=O)O[C@H]3/C=C\1C. The van der Waals surface area contributed by atoms with Crippen LogP contribution >= 0.6 is 0 Å². The molecule has 4 rings (SSSR count). The van der Waals surface area contributed by atoms with Gasteiger partial charge in [-0.15, -0.1) is 0 Å². The molecule has 1 spiro atoms. The van der Waals surface area contributed by atoms with Gasteiger partial charge in [-0.05, 0) is 44.9 Å². The Labute approximate surface area is 252 Å². The van der Waals surface area contributed by atoms with Gasteiger partial charge in [0.05, 0.1) is 6.10 Å². The van der Waals surface area contributed by atoms with Gasteiger partial charge in [0.15, 0.2) is 17.3 Å². The van der Waals surface area contributed by atoms with E-state index in [4.69, 9.17) is 23.7 Å². The van der Waals surface area contributed by atoms with Crippen molar-refractivity contribution >= 4 is 23.9 Å². The van der Waals surface area contributed by atoms with E-state index in [9.17, 15) is 29.4 Å². The van der Waals surface area contributed by atoms with Gasteiger partial charge < -0.3 is 33.9 Å². The Kier molecular flexibility index (Phi) is 9.22. The monoisotopic (exact) mass is 606 g/mol. The van der Waals surface area contributed by atoms with Crippen molar-refractivity contribution < 1.29 is 53.1 Å². The zero-order valence-electron chi connectivity index (χ0n) is 26.2. The van der Waals surface area contributed by atoms with Gasteiger partial charge >= 0.3 is 23.9 Å². The number of carbonyl (C=O) groups is 4. The second kappa shape index (κ2) is 12.0. The van der Waals surface area contributed by atoms with Gasteiger partial charge in [-0.3, -0.25) is 14.4 Å². The molecule has 4 aliphatic rings. The normalized spacial score (nSPS) is 42.7. The van der Waals surface area contributed by atoms with E-state index in [2.05, 4.69) is 6.92 Å². The van der Waals surface area contributed by atoms with Crippen LogP contribution in [0.25, 0.3) is 0 Å². The van der Waals surface area contributed by atoms with Crippen molar-refractivity contribution in [2.45, 2.75) is 141 Å². The van der Waals surface area contributed by atoms with Crippen molar-refractivity contribution in [3.05, 3.63) is 23.8 Å². The van der Waals surface area contributed by atoms with E-state index in [-0.39, 0.29) is 12.8 Å². The highest BCUT2D eigenvalue weighted by molar-refractivity contribution is 5.89. The van der Waals surface area contributed by atoms with Crippen LogP contribution in [-0.2, 0) is 42.9 Å². The summed E-state index contributed by atoms with van der Waals surface area (Å²) in [6.07, 6.45) is 3.99. The summed E-state index contributed by atoms with van der Waals surface area (Å²) in [5.74, 6) is -3.61. The smallest absolute Gasteiger partial charge is 0.342 e. The molecule has 0 aromatic rings. The van der Waals surface area contributed by atoms with Gasteiger partial charge in [-0.1, -0.05) is 45.6 Å². The van der Waals surface area contributed by atoms with Crippen LogP contribution in [0.15, 0.2) is 23.8 Å². The summed E-state index contributed by atoms with van der Waals surface area (Å²) in [6, 6.07) is 0. The lowest BCUT2D eigenvalue weighted by atomic mass is 9.55. The fourth-order valence-corrected chi connectivity index (χ4v) is 7.30. The first kappa shape index (κ1) is 33.1. The number of rotatable bonds is 9. The van der Waals surface area contributed by atoms with Crippen LogP contribution in [0.4, 0.5) is 0 Å². The number of unbranched alkanes of at least 4 members (excludes halogenated alkanes) is 4. The van der Waals surface area contributed by atoms with Crippen LogP contribution in [0.3, 0.4) is 0 Å². The van der Waals surface area contributed by atoms with Crippen LogP contribution in [0, 0.1) is 11.3 Å². The lowest BCUT2D eigenvalue weighted by molar-refractivity contribution is -0.216. The number of fused-ring (bicyclic) bond motifs is 1. The Morgan fingerprint density at radius 1 is 1.02 bits per heavy atom. The van der Waals surface area contributed by atoms with Crippen molar-refractivity contribution in [1.29, 1.82) is 0 Å². The van der Waals surface area contributed by atoms with Crippen LogP contribution in [-0.4, -0.2) is 81.4 Å². The lowest BCUT2D eigenvalue weighted by Gasteiger charge is -2.54. The van der Waals surface area contributed by atoms with Gasteiger partial charge in [0, 0.05) is 38.0 Å². The molecule has 11 heteroatoms. The Bertz CT molecular complexity index is 1190. The molecule has 2 saturated heterocycles. The van der Waals surface area contributed by atoms with E-state index in [1.807, 2.05) is 0 Å². The van der Waals surface area contributed by atoms with Crippen molar-refractivity contribution in [2.24, 2.45) is 11.3 Å². The summed E-state index contributed by atoms with van der Waals surface area (Å²) in [7, 11) is 0. The van der Waals surface area contributed by atoms with Gasteiger partial charge in [0.1, 0.15) is 23.9 Å². The third kappa shape index (κ3) is 5.76. The molecular weight excluding hydrogens is 560 g/mol. The quantitative estimate of drug-likeness (QED) is 0.130. The summed E-state index contributed by atoms with van der Waals surface area (Å²) in [4.78, 5) is 50.7. The molecule has 2 aliphatic heterocycles. The van der Waals surface area contributed by atoms with Crippen LogP contribution in [0.1, 0.15) is 93.4 Å². The third-order valence-electron chi connectivity index (χ3n) is 9.78. The van der Waals surface area contributed by atoms with Gasteiger partial charge in [-0.25, -0.2) is 4.79 Å². The minimum Gasteiger partial charge on any atom is -0.459 e. The fraction of sp³-hybridized carbons (Fsp3) is 0.750. The predicted octanol–water partition coefficient (Wildman–Crippen LogP) is 3.23. The highest BCUT2D eigenvalue weighted by Crippen LogP contribution is 2.65. The average Bonchev–Trinajstić information content (AvgIpc) is 3.49. The van der Waals surface area contributed by atoms with Gasteiger partial charge in [-0.2, -0.15) is 0 Å². The first-order valence-corrected chi connectivity index (χ1v) is 15.3. The molecule has 0 aromatic carbocycles. The largest absolute Gasteiger partial charge is 0.459 e. The molecule has 0 radical (unpaired) electrons. The summed E-state index contributed by atoms with van der Waals surface area (Å²) in [5, 5.41) is 24.0. The lowest BCUT2D eigenvalue weighted by Crippen LogP contribution is -2.67. The highest BCUT2D eigenvalue weighted by atomic mass is 16.7. The maximum Gasteiger partial charge on any atom is 0.342 e. The first-order valence-electron chi connectivity index (χ1n) is 15.3. The number of aliphatic hydroxyl groups is 2. The molecule has 2 heterocycles. The number of hydrogen-bond acceptors (Lipinski definition) is 11. The molecule has 2 N–H and O–H groups in total. The fourth-order valence-electron chi connectivity index (χ4n) is 7.30.